The second-order valence-corrected chi connectivity index (χ2v) is 8.06. The molecule has 1 fully saturated rings. The van der Waals surface area contributed by atoms with Crippen LogP contribution in [-0.2, 0) is 11.3 Å². The molecule has 7 heteroatoms. The maximum atomic E-state index is 12.7. The van der Waals surface area contributed by atoms with Gasteiger partial charge in [-0.15, -0.1) is 24.0 Å². The summed E-state index contributed by atoms with van der Waals surface area (Å²) < 4.78 is 5.71. The summed E-state index contributed by atoms with van der Waals surface area (Å²) in [6, 6.07) is 7.64. The molecule has 2 rings (SSSR count). The Balaban J connectivity index is 0.00000450. The zero-order chi connectivity index (χ0) is 21.1. The molecule has 0 aliphatic carbocycles. The molecule has 1 aromatic carbocycles. The second-order valence-electron chi connectivity index (χ2n) is 8.06. The topological polar surface area (TPSA) is 79.9 Å². The molecule has 170 valence electrons. The Morgan fingerprint density at radius 1 is 1.10 bits per heavy atom. The number of unbranched alkanes of at least 4 members (excludes halogenated alkanes) is 5. The standard InChI is InChI=1S/C23H38N4O2.HI/c1-4-5-6-7-8-9-14-25-23(24)26-15-20-10-12-21(13-11-20)22(28)27-16-18(2)29-19(3)17-27;/h10-13,18-19H,4-9,14-17H2,1-3H3,(H3,24,25,26);1H. The van der Waals surface area contributed by atoms with Crippen LogP contribution in [0.1, 0.15) is 75.2 Å². The van der Waals surface area contributed by atoms with Gasteiger partial charge in [0, 0.05) is 25.2 Å². The van der Waals surface area contributed by atoms with Crippen LogP contribution in [0.25, 0.3) is 0 Å². The van der Waals surface area contributed by atoms with Gasteiger partial charge in [-0.05, 0) is 38.0 Å². The van der Waals surface area contributed by atoms with E-state index in [1.54, 1.807) is 0 Å². The monoisotopic (exact) mass is 530 g/mol. The van der Waals surface area contributed by atoms with Crippen LogP contribution in [0.5, 0.6) is 0 Å². The maximum Gasteiger partial charge on any atom is 0.254 e. The number of rotatable bonds is 10. The van der Waals surface area contributed by atoms with Crippen molar-refractivity contribution in [2.45, 2.75) is 78.0 Å². The van der Waals surface area contributed by atoms with Gasteiger partial charge in [-0.25, -0.2) is 4.99 Å². The highest BCUT2D eigenvalue weighted by atomic mass is 127. The highest BCUT2D eigenvalue weighted by molar-refractivity contribution is 14.0. The van der Waals surface area contributed by atoms with Crippen LogP contribution in [0, 0.1) is 0 Å². The first-order chi connectivity index (χ1) is 14.0. The third kappa shape index (κ3) is 9.64. The van der Waals surface area contributed by atoms with Crippen molar-refractivity contribution < 1.29 is 9.53 Å². The normalized spacial score (nSPS) is 19.3. The van der Waals surface area contributed by atoms with Crippen LogP contribution in [0.3, 0.4) is 0 Å². The molecular formula is C23H39IN4O2. The third-order valence-electron chi connectivity index (χ3n) is 5.18. The van der Waals surface area contributed by atoms with E-state index >= 15 is 0 Å². The number of amides is 1. The predicted octanol–water partition coefficient (Wildman–Crippen LogP) is 4.32. The van der Waals surface area contributed by atoms with Gasteiger partial charge in [0.05, 0.1) is 18.8 Å². The molecule has 0 aromatic heterocycles. The first kappa shape index (κ1) is 26.7. The van der Waals surface area contributed by atoms with E-state index in [9.17, 15) is 4.79 Å². The predicted molar refractivity (Wildman–Crippen MR) is 134 cm³/mol. The second kappa shape index (κ2) is 14.6. The summed E-state index contributed by atoms with van der Waals surface area (Å²) in [6.07, 6.45) is 7.71. The van der Waals surface area contributed by atoms with Gasteiger partial charge in [0.2, 0.25) is 0 Å². The van der Waals surface area contributed by atoms with Crippen LogP contribution in [-0.4, -0.2) is 48.6 Å². The SMILES string of the molecule is CCCCCCCCNC(N)=NCc1ccc(C(=O)N2CC(C)OC(C)C2)cc1.I. The number of aliphatic imine (C=N–C) groups is 1. The summed E-state index contributed by atoms with van der Waals surface area (Å²) >= 11 is 0. The van der Waals surface area contributed by atoms with E-state index < -0.39 is 0 Å². The lowest BCUT2D eigenvalue weighted by Gasteiger charge is -2.35. The number of hydrogen-bond acceptors (Lipinski definition) is 3. The Kier molecular flexibility index (Phi) is 13.0. The Hall–Kier alpha value is -1.35. The minimum atomic E-state index is 0. The lowest BCUT2D eigenvalue weighted by Crippen LogP contribution is -2.48. The van der Waals surface area contributed by atoms with Crippen LogP contribution < -0.4 is 11.1 Å². The van der Waals surface area contributed by atoms with E-state index in [1.165, 1.54) is 32.1 Å². The average Bonchev–Trinajstić information content (AvgIpc) is 2.70. The molecule has 30 heavy (non-hydrogen) atoms. The molecule has 6 nitrogen and oxygen atoms in total. The average molecular weight is 530 g/mol. The van der Waals surface area contributed by atoms with Gasteiger partial charge in [0.25, 0.3) is 5.91 Å². The lowest BCUT2D eigenvalue weighted by atomic mass is 10.1. The van der Waals surface area contributed by atoms with Crippen LogP contribution in [0.4, 0.5) is 0 Å². The third-order valence-corrected chi connectivity index (χ3v) is 5.18. The lowest BCUT2D eigenvalue weighted by molar-refractivity contribution is -0.0586. The number of hydrogen-bond donors (Lipinski definition) is 2. The van der Waals surface area contributed by atoms with Crippen molar-refractivity contribution >= 4 is 35.8 Å². The fraction of sp³-hybridized carbons (Fsp3) is 0.652. The van der Waals surface area contributed by atoms with E-state index in [1.807, 2.05) is 43.0 Å². The molecule has 1 heterocycles. The molecule has 2 unspecified atom stereocenters. The molecular weight excluding hydrogens is 491 g/mol. The molecule has 3 N–H and O–H groups in total. The number of ether oxygens (including phenoxy) is 1. The molecule has 0 saturated carbocycles. The van der Waals surface area contributed by atoms with Crippen LogP contribution in [0.15, 0.2) is 29.3 Å². The Labute approximate surface area is 199 Å². The number of guanidine groups is 1. The van der Waals surface area contributed by atoms with E-state index in [-0.39, 0.29) is 42.1 Å². The summed E-state index contributed by atoms with van der Waals surface area (Å²) in [6.45, 7) is 8.88. The van der Waals surface area contributed by atoms with Gasteiger partial charge >= 0.3 is 0 Å². The van der Waals surface area contributed by atoms with Gasteiger partial charge in [-0.3, -0.25) is 4.79 Å². The summed E-state index contributed by atoms with van der Waals surface area (Å²) in [7, 11) is 0. The molecule has 1 aliphatic heterocycles. The zero-order valence-corrected chi connectivity index (χ0v) is 21.1. The number of nitrogens with zero attached hydrogens (tertiary/aromatic N) is 2. The quantitative estimate of drug-likeness (QED) is 0.205. The van der Waals surface area contributed by atoms with Crippen molar-refractivity contribution in [1.82, 2.24) is 10.2 Å². The van der Waals surface area contributed by atoms with Crippen molar-refractivity contribution in [2.24, 2.45) is 10.7 Å². The minimum Gasteiger partial charge on any atom is -0.372 e. The summed E-state index contributed by atoms with van der Waals surface area (Å²) in [5.41, 5.74) is 7.69. The van der Waals surface area contributed by atoms with Gasteiger partial charge < -0.3 is 20.7 Å². The fourth-order valence-electron chi connectivity index (χ4n) is 3.63. The highest BCUT2D eigenvalue weighted by Crippen LogP contribution is 2.15. The van der Waals surface area contributed by atoms with Crippen molar-refractivity contribution in [3.05, 3.63) is 35.4 Å². The number of carbonyl (C=O) groups excluding carboxylic acids is 1. The number of halogens is 1. The van der Waals surface area contributed by atoms with E-state index in [2.05, 4.69) is 17.2 Å². The van der Waals surface area contributed by atoms with Crippen molar-refractivity contribution in [1.29, 1.82) is 0 Å². The largest absolute Gasteiger partial charge is 0.372 e. The van der Waals surface area contributed by atoms with Gasteiger partial charge in [0.15, 0.2) is 5.96 Å². The molecule has 1 aliphatic rings. The van der Waals surface area contributed by atoms with Crippen molar-refractivity contribution in [3.8, 4) is 0 Å². The van der Waals surface area contributed by atoms with Crippen LogP contribution >= 0.6 is 24.0 Å². The molecule has 1 amide bonds. The highest BCUT2D eigenvalue weighted by Gasteiger charge is 2.26. The summed E-state index contributed by atoms with van der Waals surface area (Å²) in [5.74, 6) is 0.539. The zero-order valence-electron chi connectivity index (χ0n) is 18.7. The number of carbonyl (C=O) groups is 1. The Morgan fingerprint density at radius 2 is 1.70 bits per heavy atom. The van der Waals surface area contributed by atoms with Crippen molar-refractivity contribution in [2.75, 3.05) is 19.6 Å². The smallest absolute Gasteiger partial charge is 0.254 e. The molecule has 0 radical (unpaired) electrons. The van der Waals surface area contributed by atoms with E-state index in [0.717, 1.165) is 18.5 Å². The Bertz CT molecular complexity index is 641. The van der Waals surface area contributed by atoms with Crippen molar-refractivity contribution in [3.63, 3.8) is 0 Å². The number of morpholine rings is 1. The number of benzene rings is 1. The maximum absolute atomic E-state index is 12.7. The first-order valence-corrected chi connectivity index (χ1v) is 11.1. The fourth-order valence-corrected chi connectivity index (χ4v) is 3.63. The van der Waals surface area contributed by atoms with Gasteiger partial charge in [0.1, 0.15) is 0 Å². The summed E-state index contributed by atoms with van der Waals surface area (Å²) in [5, 5.41) is 3.18. The number of nitrogens with two attached hydrogens (primary N) is 1. The molecule has 0 spiro atoms. The number of nitrogens with one attached hydrogen (secondary N) is 1. The van der Waals surface area contributed by atoms with E-state index in [0.29, 0.717) is 31.2 Å². The van der Waals surface area contributed by atoms with Gasteiger partial charge in [-0.2, -0.15) is 0 Å². The van der Waals surface area contributed by atoms with Gasteiger partial charge in [-0.1, -0.05) is 51.2 Å². The Morgan fingerprint density at radius 3 is 2.33 bits per heavy atom. The van der Waals surface area contributed by atoms with E-state index in [4.69, 9.17) is 10.5 Å². The molecule has 2 atom stereocenters. The summed E-state index contributed by atoms with van der Waals surface area (Å²) in [4.78, 5) is 19.0. The molecule has 1 saturated heterocycles. The minimum absolute atomic E-state index is 0. The van der Waals surface area contributed by atoms with Crippen LogP contribution in [0.2, 0.25) is 0 Å². The molecule has 0 bridgehead atoms. The first-order valence-electron chi connectivity index (χ1n) is 11.1. The molecule has 1 aromatic rings.